The summed E-state index contributed by atoms with van der Waals surface area (Å²) in [5.41, 5.74) is 2.51. The van der Waals surface area contributed by atoms with Crippen molar-refractivity contribution in [3.8, 4) is 17.2 Å². The lowest BCUT2D eigenvalue weighted by Gasteiger charge is -2.38. The largest absolute Gasteiger partial charge is 0.497 e. The van der Waals surface area contributed by atoms with Gasteiger partial charge in [0, 0.05) is 36.9 Å². The molecule has 0 bridgehead atoms. The second-order valence-electron chi connectivity index (χ2n) is 10.7. The van der Waals surface area contributed by atoms with Crippen molar-refractivity contribution in [2.75, 3.05) is 51.6 Å². The number of nitrogens with one attached hydrogen (secondary N) is 2. The summed E-state index contributed by atoms with van der Waals surface area (Å²) in [5.74, 6) is 1.66. The summed E-state index contributed by atoms with van der Waals surface area (Å²) in [6, 6.07) is 19.1. The number of fused-ring (bicyclic) bond motifs is 1. The van der Waals surface area contributed by atoms with Crippen molar-refractivity contribution >= 4 is 23.3 Å². The van der Waals surface area contributed by atoms with E-state index in [1.165, 1.54) is 0 Å². The van der Waals surface area contributed by atoms with Crippen LogP contribution in [-0.2, 0) is 6.54 Å². The van der Waals surface area contributed by atoms with E-state index in [2.05, 4.69) is 22.5 Å². The van der Waals surface area contributed by atoms with E-state index in [0.717, 1.165) is 11.3 Å². The first-order chi connectivity index (χ1) is 20.2. The third kappa shape index (κ3) is 7.71. The molecule has 0 fully saturated rings. The number of anilines is 2. The number of aliphatic hydroxyl groups excluding tert-OH is 1. The molecule has 0 spiro atoms. The highest BCUT2D eigenvalue weighted by Gasteiger charge is 2.33. The summed E-state index contributed by atoms with van der Waals surface area (Å²) in [6.07, 6.45) is -0.231. The van der Waals surface area contributed by atoms with Gasteiger partial charge in [-0.2, -0.15) is 0 Å². The van der Waals surface area contributed by atoms with Gasteiger partial charge in [0.25, 0.3) is 5.91 Å². The van der Waals surface area contributed by atoms with Crippen LogP contribution in [0.3, 0.4) is 0 Å². The summed E-state index contributed by atoms with van der Waals surface area (Å²) in [7, 11) is 5.26. The highest BCUT2D eigenvalue weighted by Crippen LogP contribution is 2.31. The summed E-state index contributed by atoms with van der Waals surface area (Å²) in [5, 5.41) is 15.5. The van der Waals surface area contributed by atoms with Gasteiger partial charge < -0.3 is 34.9 Å². The SMILES string of the molecule is COc1ccc(CN(C)C[C@@H]2Oc3ccc(NC(=O)Nc4ccc(OC)cc4)cc3C(=O)N([C@@H](C)CO)C[C@@H]2C)cc1. The van der Waals surface area contributed by atoms with Gasteiger partial charge in [-0.3, -0.25) is 9.69 Å². The first-order valence-corrected chi connectivity index (χ1v) is 14.0. The van der Waals surface area contributed by atoms with Crippen molar-refractivity contribution in [3.05, 3.63) is 77.9 Å². The number of likely N-dealkylation sites (N-methyl/N-ethyl adjacent to an activating group) is 1. The predicted molar refractivity (Wildman–Crippen MR) is 163 cm³/mol. The van der Waals surface area contributed by atoms with Crippen molar-refractivity contribution in [2.24, 2.45) is 5.92 Å². The molecule has 0 aliphatic carbocycles. The molecule has 3 amide bonds. The molecule has 1 aliphatic rings. The molecule has 3 N–H and O–H groups in total. The quantitative estimate of drug-likeness (QED) is 0.321. The molecule has 0 unspecified atom stereocenters. The molecule has 224 valence electrons. The summed E-state index contributed by atoms with van der Waals surface area (Å²) in [4.78, 5) is 30.3. The maximum absolute atomic E-state index is 13.7. The highest BCUT2D eigenvalue weighted by molar-refractivity contribution is 6.02. The number of carbonyl (C=O) groups excluding carboxylic acids is 2. The van der Waals surface area contributed by atoms with Crippen molar-refractivity contribution in [2.45, 2.75) is 32.5 Å². The van der Waals surface area contributed by atoms with E-state index in [0.29, 0.717) is 48.1 Å². The Morgan fingerprint density at radius 2 is 1.62 bits per heavy atom. The Morgan fingerprint density at radius 3 is 2.24 bits per heavy atom. The molecule has 42 heavy (non-hydrogen) atoms. The smallest absolute Gasteiger partial charge is 0.323 e. The number of hydrogen-bond donors (Lipinski definition) is 3. The van der Waals surface area contributed by atoms with Gasteiger partial charge in [-0.15, -0.1) is 0 Å². The zero-order chi connectivity index (χ0) is 30.2. The molecule has 0 saturated heterocycles. The molecule has 3 atom stereocenters. The van der Waals surface area contributed by atoms with Crippen molar-refractivity contribution in [3.63, 3.8) is 0 Å². The molecular formula is C32H40N4O6. The molecule has 1 aliphatic heterocycles. The van der Waals surface area contributed by atoms with Crippen LogP contribution >= 0.6 is 0 Å². The second kappa shape index (κ2) is 14.1. The molecular weight excluding hydrogens is 536 g/mol. The maximum Gasteiger partial charge on any atom is 0.323 e. The van der Waals surface area contributed by atoms with E-state index in [9.17, 15) is 14.7 Å². The predicted octanol–water partition coefficient (Wildman–Crippen LogP) is 4.70. The van der Waals surface area contributed by atoms with Crippen LogP contribution in [0.2, 0.25) is 0 Å². The second-order valence-corrected chi connectivity index (χ2v) is 10.7. The number of ether oxygens (including phenoxy) is 3. The molecule has 3 aromatic carbocycles. The van der Waals surface area contributed by atoms with E-state index in [1.807, 2.05) is 38.2 Å². The first kappa shape index (κ1) is 30.7. The van der Waals surface area contributed by atoms with Crippen LogP contribution in [-0.4, -0.2) is 80.0 Å². The molecule has 4 rings (SSSR count). The van der Waals surface area contributed by atoms with Gasteiger partial charge >= 0.3 is 6.03 Å². The molecule has 3 aromatic rings. The minimum atomic E-state index is -0.452. The van der Waals surface area contributed by atoms with Gasteiger partial charge in [-0.05, 0) is 74.1 Å². The Bertz CT molecular complexity index is 1350. The van der Waals surface area contributed by atoms with Gasteiger partial charge in [-0.25, -0.2) is 4.79 Å². The van der Waals surface area contributed by atoms with Crippen LogP contribution in [0.15, 0.2) is 66.7 Å². The topological polar surface area (TPSA) is 113 Å². The lowest BCUT2D eigenvalue weighted by atomic mass is 9.99. The first-order valence-electron chi connectivity index (χ1n) is 14.0. The summed E-state index contributed by atoms with van der Waals surface area (Å²) < 4.78 is 16.9. The van der Waals surface area contributed by atoms with Crippen molar-refractivity contribution in [1.29, 1.82) is 0 Å². The molecule has 0 aromatic heterocycles. The Balaban J connectivity index is 1.53. The third-order valence-corrected chi connectivity index (χ3v) is 7.37. The number of hydrogen-bond acceptors (Lipinski definition) is 7. The zero-order valence-electron chi connectivity index (χ0n) is 24.8. The number of methoxy groups -OCH3 is 2. The molecule has 0 radical (unpaired) electrons. The monoisotopic (exact) mass is 576 g/mol. The van der Waals surface area contributed by atoms with Crippen LogP contribution in [0, 0.1) is 5.92 Å². The van der Waals surface area contributed by atoms with Crippen molar-refractivity contribution < 1.29 is 28.9 Å². The number of aliphatic hydroxyl groups is 1. The van der Waals surface area contributed by atoms with Crippen LogP contribution in [0.1, 0.15) is 29.8 Å². The van der Waals surface area contributed by atoms with E-state index in [4.69, 9.17) is 14.2 Å². The summed E-state index contributed by atoms with van der Waals surface area (Å²) >= 11 is 0. The fraction of sp³-hybridized carbons (Fsp3) is 0.375. The lowest BCUT2D eigenvalue weighted by Crippen LogP contribution is -2.49. The number of urea groups is 1. The van der Waals surface area contributed by atoms with Gasteiger partial charge in [0.05, 0.1) is 32.4 Å². The van der Waals surface area contributed by atoms with Gasteiger partial charge in [0.1, 0.15) is 23.4 Å². The van der Waals surface area contributed by atoms with Gasteiger partial charge in [0.2, 0.25) is 0 Å². The lowest BCUT2D eigenvalue weighted by molar-refractivity contribution is 0.0341. The number of amides is 3. The molecule has 10 nitrogen and oxygen atoms in total. The van der Waals surface area contributed by atoms with E-state index >= 15 is 0 Å². The average Bonchev–Trinajstić information content (AvgIpc) is 2.99. The average molecular weight is 577 g/mol. The highest BCUT2D eigenvalue weighted by atomic mass is 16.5. The van der Waals surface area contributed by atoms with E-state index in [-0.39, 0.29) is 24.5 Å². The van der Waals surface area contributed by atoms with Crippen LogP contribution in [0.4, 0.5) is 16.2 Å². The molecule has 0 saturated carbocycles. The van der Waals surface area contributed by atoms with Crippen LogP contribution in [0.5, 0.6) is 17.2 Å². The standard InChI is InChI=1S/C32H40N4O6/c1-21-17-36(22(2)20-37)31(38)28-16-25(34-32(39)33-24-8-13-27(41-5)14-9-24)10-15-29(28)42-30(21)19-35(3)18-23-6-11-26(40-4)12-7-23/h6-16,21-22,30,37H,17-20H2,1-5H3,(H2,33,34,39)/t21-,22-,30-/m0/s1. The number of carbonyl (C=O) groups is 2. The third-order valence-electron chi connectivity index (χ3n) is 7.37. The Labute approximate surface area is 247 Å². The normalized spacial score (nSPS) is 17.4. The number of rotatable bonds is 10. The molecule has 10 heteroatoms. The number of nitrogens with zero attached hydrogens (tertiary/aromatic N) is 2. The minimum Gasteiger partial charge on any atom is -0.497 e. The van der Waals surface area contributed by atoms with Crippen LogP contribution < -0.4 is 24.8 Å². The zero-order valence-corrected chi connectivity index (χ0v) is 24.8. The molecule has 1 heterocycles. The fourth-order valence-electron chi connectivity index (χ4n) is 4.90. The Kier molecular flexibility index (Phi) is 10.3. The Hall–Kier alpha value is -4.28. The van der Waals surface area contributed by atoms with Crippen molar-refractivity contribution in [1.82, 2.24) is 9.80 Å². The van der Waals surface area contributed by atoms with E-state index in [1.54, 1.807) is 61.6 Å². The Morgan fingerprint density at radius 1 is 1.02 bits per heavy atom. The number of benzene rings is 3. The summed E-state index contributed by atoms with van der Waals surface area (Å²) in [6.45, 7) is 5.45. The van der Waals surface area contributed by atoms with Gasteiger partial charge in [-0.1, -0.05) is 19.1 Å². The maximum atomic E-state index is 13.7. The van der Waals surface area contributed by atoms with Gasteiger partial charge in [0.15, 0.2) is 0 Å². The van der Waals surface area contributed by atoms with Crippen LogP contribution in [0.25, 0.3) is 0 Å². The minimum absolute atomic E-state index is 0.0116. The van der Waals surface area contributed by atoms with E-state index < -0.39 is 12.1 Å². The fourth-order valence-corrected chi connectivity index (χ4v) is 4.90.